The van der Waals surface area contributed by atoms with Crippen molar-refractivity contribution in [1.82, 2.24) is 50.3 Å². The first kappa shape index (κ1) is 88.2. The standard InChI is InChI=1S/C19H29N3O2.C18H29N3O3.C17H27N3O3.C17H29N3O2.C15H23N3O2/c1-19(2,3)16-12-17(24-21-16)20-18(23)15-10-7-11-22(15)13-14-8-5-4-6-9-14;1-18(2,3)15-10-16(24-20-15)19-17(22)14-7-4-8-21(14)11-13-6-5-9-23-12-13;1-17(2,3)14-9-15(23-19-14)18-16(21)13-5-4-7-20(13)10-12-6-8-22-11-12;1-6-12(2)11-20-9-7-8-13(20)16(21)18-15-10-14(19-22-15)17(3,4)5;1-15(2,3)12-9-13(20-17-12)16-14(19)11-5-4-8-18(11)10-6-7-10/h5,8,12,14-15H,4,6-7,9-11,13H2,1-3H3,(H,20,23);10,13-14H,4-9,11-12H2,1-3H3,(H,19,22);9,12-13H,4-8,10-11H2,1-3H3,(H,18,21);10,12-13H,6-9,11H2,1-5H3,(H,18,21);9-11H,4-8H2,1-3H3,(H,16,19)/t14?,15-;13?,14-;2*12?,13-;11-/m00000/s1. The van der Waals surface area contributed by atoms with Crippen LogP contribution in [0.1, 0.15) is 268 Å². The van der Waals surface area contributed by atoms with Crippen LogP contribution in [-0.2, 0) is 60.5 Å². The summed E-state index contributed by atoms with van der Waals surface area (Å²) in [5.74, 6) is 4.68. The second-order valence-electron chi connectivity index (χ2n) is 38.3. The Hall–Kier alpha value is -7.14. The summed E-state index contributed by atoms with van der Waals surface area (Å²) in [5.41, 5.74) is 3.85. The molecule has 7 aliphatic heterocycles. The Labute approximate surface area is 671 Å². The van der Waals surface area contributed by atoms with Crippen molar-refractivity contribution in [2.75, 3.05) is 112 Å². The fourth-order valence-electron chi connectivity index (χ4n) is 15.9. The Bertz CT molecular complexity index is 3840. The fourth-order valence-corrected chi connectivity index (χ4v) is 15.9. The molecule has 5 amide bonds. The van der Waals surface area contributed by atoms with Gasteiger partial charge in [0.05, 0.1) is 71.9 Å². The third kappa shape index (κ3) is 26.2. The molecular weight excluding hydrogens is 1440 g/mol. The summed E-state index contributed by atoms with van der Waals surface area (Å²) in [6.07, 6.45) is 25.3. The minimum atomic E-state index is -0.0904. The number of anilines is 5. The Morgan fingerprint density at radius 3 is 1.06 bits per heavy atom. The van der Waals surface area contributed by atoms with Gasteiger partial charge < -0.3 is 32.1 Å². The molecule has 0 radical (unpaired) electrons. The van der Waals surface area contributed by atoms with Crippen molar-refractivity contribution in [3.8, 4) is 0 Å². The Morgan fingerprint density at radius 2 is 0.735 bits per heavy atom. The highest BCUT2D eigenvalue weighted by molar-refractivity contribution is 5.96. The molecule has 5 N–H and O–H groups in total. The van der Waals surface area contributed by atoms with E-state index in [2.05, 4.69) is 207 Å². The highest BCUT2D eigenvalue weighted by atomic mass is 16.5. The third-order valence-corrected chi connectivity index (χ3v) is 23.2. The lowest BCUT2D eigenvalue weighted by atomic mass is 9.92. The van der Waals surface area contributed by atoms with Crippen LogP contribution in [0.4, 0.5) is 29.4 Å². The Morgan fingerprint density at radius 1 is 0.398 bits per heavy atom. The van der Waals surface area contributed by atoms with Crippen molar-refractivity contribution in [3.05, 3.63) is 71.0 Å². The lowest BCUT2D eigenvalue weighted by Gasteiger charge is -2.30. The van der Waals surface area contributed by atoms with Gasteiger partial charge in [-0.1, -0.05) is 162 Å². The molecule has 8 fully saturated rings. The van der Waals surface area contributed by atoms with Crippen LogP contribution >= 0.6 is 0 Å². The van der Waals surface area contributed by atoms with Crippen LogP contribution in [0.3, 0.4) is 0 Å². The van der Waals surface area contributed by atoms with Crippen LogP contribution < -0.4 is 26.6 Å². The van der Waals surface area contributed by atoms with Crippen molar-refractivity contribution < 1.29 is 56.1 Å². The number of carbonyl (C=O) groups excluding carboxylic acids is 5. The van der Waals surface area contributed by atoms with Crippen molar-refractivity contribution in [1.29, 1.82) is 0 Å². The highest BCUT2D eigenvalue weighted by Gasteiger charge is 2.42. The SMILES string of the molecule is CC(C)(C)c1cc(NC(=O)[C@@H]2CCCN2C2CC2)on1.CC(C)(C)c1cc(NC(=O)[C@@H]2CCCN2CC2C=CCCC2)on1.CC(C)(C)c1cc(NC(=O)[C@@H]2CCCN2CC2CCCOC2)on1.CC(C)(C)c1cc(NC(=O)[C@@H]2CCCN2CC2CCOC2)on1.CCC(C)CN1CCC[C@H]1C(=O)Nc1cc(C(C)(C)C)no1. The van der Waals surface area contributed by atoms with Gasteiger partial charge in [-0.3, -0.25) is 75.1 Å². The number of ether oxygens (including phenoxy) is 2. The second kappa shape index (κ2) is 39.7. The molecule has 9 aliphatic rings. The van der Waals surface area contributed by atoms with Crippen molar-refractivity contribution in [2.45, 2.75) is 303 Å². The summed E-state index contributed by atoms with van der Waals surface area (Å²) in [4.78, 5) is 74.4. The molecule has 7 saturated heterocycles. The first-order chi connectivity index (χ1) is 53.6. The summed E-state index contributed by atoms with van der Waals surface area (Å²) in [6.45, 7) is 47.8. The summed E-state index contributed by atoms with van der Waals surface area (Å²) < 4.78 is 37.4. The molecule has 4 unspecified atom stereocenters. The predicted molar refractivity (Wildman–Crippen MR) is 439 cm³/mol. The van der Waals surface area contributed by atoms with Gasteiger partial charge >= 0.3 is 0 Å². The number of carbonyl (C=O) groups is 5. The molecule has 0 bridgehead atoms. The minimum Gasteiger partial charge on any atom is -0.381 e. The number of allylic oxidation sites excluding steroid dienone is 1. The molecule has 5 aromatic heterocycles. The Balaban J connectivity index is 0.000000150. The van der Waals surface area contributed by atoms with Crippen LogP contribution in [0.2, 0.25) is 0 Å². The third-order valence-electron chi connectivity index (χ3n) is 23.2. The second-order valence-corrected chi connectivity index (χ2v) is 38.3. The molecule has 2 aliphatic carbocycles. The molecule has 27 nitrogen and oxygen atoms in total. The van der Waals surface area contributed by atoms with Crippen molar-refractivity contribution in [2.24, 2.45) is 23.7 Å². The van der Waals surface area contributed by atoms with Gasteiger partial charge in [0, 0.05) is 103 Å². The van der Waals surface area contributed by atoms with Crippen LogP contribution in [-0.4, -0.2) is 201 Å². The molecule has 12 heterocycles. The summed E-state index contributed by atoms with van der Waals surface area (Å²) in [7, 11) is 0. The zero-order valence-corrected chi connectivity index (χ0v) is 71.3. The normalized spacial score (nSPS) is 24.4. The number of hydrogen-bond donors (Lipinski definition) is 5. The maximum Gasteiger partial charge on any atom is 0.244 e. The fraction of sp³-hybridized carbons (Fsp3) is 0.744. The molecule has 0 spiro atoms. The lowest BCUT2D eigenvalue weighted by molar-refractivity contribution is -0.121. The van der Waals surface area contributed by atoms with Gasteiger partial charge in [-0.05, 0) is 172 Å². The number of hydrogen-bond acceptors (Lipinski definition) is 22. The number of aromatic nitrogens is 5. The summed E-state index contributed by atoms with van der Waals surface area (Å²) >= 11 is 0. The molecule has 27 heteroatoms. The topological polar surface area (TPSA) is 310 Å². The molecule has 5 aromatic rings. The van der Waals surface area contributed by atoms with E-state index in [1.807, 2.05) is 30.3 Å². The van der Waals surface area contributed by atoms with E-state index >= 15 is 0 Å². The molecule has 628 valence electrons. The van der Waals surface area contributed by atoms with Gasteiger partial charge in [-0.15, -0.1) is 0 Å². The van der Waals surface area contributed by atoms with Gasteiger partial charge in [0.2, 0.25) is 59.0 Å². The molecule has 9 atom stereocenters. The molecule has 1 saturated carbocycles. The van der Waals surface area contributed by atoms with E-state index in [0.717, 1.165) is 197 Å². The number of amides is 5. The molecule has 113 heavy (non-hydrogen) atoms. The smallest absolute Gasteiger partial charge is 0.244 e. The predicted octanol–water partition coefficient (Wildman–Crippen LogP) is 14.9. The number of nitrogens with zero attached hydrogens (tertiary/aromatic N) is 10. The maximum absolute atomic E-state index is 12.7. The number of rotatable bonds is 20. The maximum atomic E-state index is 12.7. The average Bonchev–Trinajstić information content (AvgIpc) is 1.66. The highest BCUT2D eigenvalue weighted by Crippen LogP contribution is 2.36. The summed E-state index contributed by atoms with van der Waals surface area (Å²) in [6, 6.07) is 9.53. The van der Waals surface area contributed by atoms with Gasteiger partial charge in [0.1, 0.15) is 0 Å². The van der Waals surface area contributed by atoms with Crippen LogP contribution in [0.15, 0.2) is 65.1 Å². The number of nitrogens with one attached hydrogen (secondary N) is 5. The zero-order chi connectivity index (χ0) is 81.4. The lowest BCUT2D eigenvalue weighted by Crippen LogP contribution is -2.43. The van der Waals surface area contributed by atoms with E-state index in [1.165, 1.54) is 38.5 Å². The van der Waals surface area contributed by atoms with Crippen LogP contribution in [0.5, 0.6) is 0 Å². The molecule has 0 aromatic carbocycles. The Kier molecular flexibility index (Phi) is 31.0. The summed E-state index contributed by atoms with van der Waals surface area (Å²) in [5, 5.41) is 34.7. The van der Waals surface area contributed by atoms with Gasteiger partial charge in [-0.25, -0.2) is 0 Å². The zero-order valence-electron chi connectivity index (χ0n) is 71.3. The first-order valence-corrected chi connectivity index (χ1v) is 42.5. The largest absolute Gasteiger partial charge is 0.381 e. The van der Waals surface area contributed by atoms with E-state index in [1.54, 1.807) is 0 Å². The van der Waals surface area contributed by atoms with Crippen LogP contribution in [0, 0.1) is 23.7 Å². The van der Waals surface area contributed by atoms with Gasteiger partial charge in [0.15, 0.2) is 0 Å². The van der Waals surface area contributed by atoms with Gasteiger partial charge in [0.25, 0.3) is 0 Å². The average molecular weight is 1570 g/mol. The van der Waals surface area contributed by atoms with E-state index in [-0.39, 0.29) is 86.8 Å². The van der Waals surface area contributed by atoms with E-state index < -0.39 is 0 Å². The first-order valence-electron chi connectivity index (χ1n) is 42.5. The van der Waals surface area contributed by atoms with Crippen molar-refractivity contribution in [3.63, 3.8) is 0 Å². The quantitative estimate of drug-likeness (QED) is 0.0452. The minimum absolute atomic E-state index is 0.00527. The van der Waals surface area contributed by atoms with E-state index in [4.69, 9.17) is 32.1 Å². The molecular formula is C86H137N15O12. The van der Waals surface area contributed by atoms with Gasteiger partial charge in [-0.2, -0.15) is 0 Å². The van der Waals surface area contributed by atoms with Crippen LogP contribution in [0.25, 0.3) is 0 Å². The monoisotopic (exact) mass is 1570 g/mol. The number of likely N-dealkylation sites (tertiary alicyclic amines) is 5. The van der Waals surface area contributed by atoms with Crippen molar-refractivity contribution >= 4 is 59.0 Å². The van der Waals surface area contributed by atoms with E-state index in [9.17, 15) is 24.0 Å². The molecule has 14 rings (SSSR count). The van der Waals surface area contributed by atoms with E-state index in [0.29, 0.717) is 59.1 Å².